The lowest BCUT2D eigenvalue weighted by Crippen LogP contribution is -2.59. The molecule has 9 N–H and O–H groups in total. The molecule has 1 aromatic heterocycles. The van der Waals surface area contributed by atoms with E-state index in [1.165, 1.54) is 53.2 Å². The van der Waals surface area contributed by atoms with Gasteiger partial charge in [-0.2, -0.15) is 0 Å². The predicted octanol–water partition coefficient (Wildman–Crippen LogP) is 2.24. The van der Waals surface area contributed by atoms with E-state index in [-0.39, 0.29) is 59.0 Å². The Morgan fingerprint density at radius 2 is 1.52 bits per heavy atom. The van der Waals surface area contributed by atoms with Crippen LogP contribution in [0, 0.1) is 0 Å². The van der Waals surface area contributed by atoms with E-state index in [9.17, 15) is 54.6 Å². The minimum Gasteiger partial charge on any atom is -0.508 e. The smallest absolute Gasteiger partial charge is 0.408 e. The molecule has 3 aromatic carbocycles. The van der Waals surface area contributed by atoms with Gasteiger partial charge in [0.25, 0.3) is 0 Å². The largest absolute Gasteiger partial charge is 0.508 e. The number of carboxylic acid groups (broad SMARTS) is 1. The number of carbonyl (C=O) groups excluding carboxylic acids is 3. The number of nitrogens with zero attached hydrogens (tertiary/aromatic N) is 3. The molecule has 1 aliphatic carbocycles. The summed E-state index contributed by atoms with van der Waals surface area (Å²) in [5.74, 6) is -2.08. The number of anilines is 1. The molecule has 79 heavy (non-hydrogen) atoms. The summed E-state index contributed by atoms with van der Waals surface area (Å²) in [4.78, 5) is 64.5. The molecule has 1 fully saturated rings. The van der Waals surface area contributed by atoms with E-state index in [0.717, 1.165) is 5.56 Å². The summed E-state index contributed by atoms with van der Waals surface area (Å²) >= 11 is 0. The Hall–Kier alpha value is -7.59. The molecule has 0 saturated carbocycles. The third-order valence-corrected chi connectivity index (χ3v) is 12.1. The Balaban J connectivity index is 0.800. The Morgan fingerprint density at radius 1 is 0.810 bits per heavy atom. The van der Waals surface area contributed by atoms with E-state index in [2.05, 4.69) is 26.3 Å². The number of aliphatic hydroxyl groups is 4. The number of aromatic nitrogens is 3. The number of phenolic OH excluding ortho intramolecular Hbond substituents is 1. The number of rotatable bonds is 27. The third-order valence-electron chi connectivity index (χ3n) is 12.1. The lowest BCUT2D eigenvalue weighted by atomic mass is 9.90. The average Bonchev–Trinajstić information content (AvgIpc) is 3.87. The summed E-state index contributed by atoms with van der Waals surface area (Å²) in [7, 11) is 0. The second kappa shape index (κ2) is 27.8. The minimum absolute atomic E-state index is 0.0968. The molecule has 2 aliphatic heterocycles. The molecule has 0 unspecified atom stereocenters. The van der Waals surface area contributed by atoms with Crippen molar-refractivity contribution in [2.75, 3.05) is 71.3 Å². The molecule has 3 amide bonds. The first-order valence-electron chi connectivity index (χ1n) is 25.3. The maximum Gasteiger partial charge on any atom is 0.408 e. The number of fused-ring (bicyclic) bond motifs is 2. The molecular weight excluding hydrogens is 1040 g/mol. The van der Waals surface area contributed by atoms with Crippen LogP contribution in [0.25, 0.3) is 33.4 Å². The zero-order valence-corrected chi connectivity index (χ0v) is 43.6. The zero-order valence-electron chi connectivity index (χ0n) is 43.6. The van der Waals surface area contributed by atoms with Crippen molar-refractivity contribution in [3.63, 3.8) is 0 Å². The van der Waals surface area contributed by atoms with E-state index in [0.29, 0.717) is 80.6 Å². The van der Waals surface area contributed by atoms with Crippen LogP contribution in [0.2, 0.25) is 0 Å². The Bertz CT molecular complexity index is 3030. The molecule has 6 atom stereocenters. The number of carboxylic acids is 1. The van der Waals surface area contributed by atoms with Gasteiger partial charge >= 0.3 is 12.1 Å². The maximum absolute atomic E-state index is 13.5. The number of ether oxygens (including phenoxy) is 7. The van der Waals surface area contributed by atoms with Crippen LogP contribution in [0.1, 0.15) is 42.4 Å². The number of hydrogen-bond acceptors (Lipinski definition) is 20. The average molecular weight is 1100 g/mol. The molecule has 3 heterocycles. The van der Waals surface area contributed by atoms with E-state index >= 15 is 0 Å². The van der Waals surface area contributed by atoms with E-state index in [1.54, 1.807) is 45.2 Å². The number of nitrogens with one attached hydrogen (secondary N) is 3. The zero-order chi connectivity index (χ0) is 56.6. The Morgan fingerprint density at radius 3 is 2.23 bits per heavy atom. The highest BCUT2D eigenvalue weighted by Crippen LogP contribution is 2.42. The van der Waals surface area contributed by atoms with E-state index < -0.39 is 79.4 Å². The van der Waals surface area contributed by atoms with Gasteiger partial charge in [-0.15, -0.1) is 5.10 Å². The highest BCUT2D eigenvalue weighted by molar-refractivity contribution is 6.08. The van der Waals surface area contributed by atoms with E-state index in [4.69, 9.17) is 37.6 Å². The van der Waals surface area contributed by atoms with Gasteiger partial charge in [0.15, 0.2) is 11.7 Å². The first-order valence-corrected chi connectivity index (χ1v) is 25.3. The lowest BCUT2D eigenvalue weighted by Gasteiger charge is -2.39. The maximum atomic E-state index is 13.5. The van der Waals surface area contributed by atoms with Crippen LogP contribution in [-0.2, 0) is 57.4 Å². The number of carbonyl (C=O) groups is 4. The fraction of sp³-hybridized carbons (Fsp3) is 0.426. The van der Waals surface area contributed by atoms with Crippen LogP contribution < -0.4 is 26.1 Å². The molecule has 1 saturated heterocycles. The van der Waals surface area contributed by atoms with Crippen molar-refractivity contribution in [2.24, 2.45) is 0 Å². The number of benzene rings is 4. The van der Waals surface area contributed by atoms with E-state index in [1.807, 2.05) is 12.1 Å². The second-order valence-corrected chi connectivity index (χ2v) is 19.2. The monoisotopic (exact) mass is 1100 g/mol. The van der Waals surface area contributed by atoms with Crippen molar-refractivity contribution in [1.29, 1.82) is 0 Å². The number of alkyl carbamates (subject to hydrolysis) is 1. The van der Waals surface area contributed by atoms with Crippen LogP contribution in [-0.4, -0.2) is 178 Å². The van der Waals surface area contributed by atoms with Gasteiger partial charge in [0.05, 0.1) is 77.2 Å². The molecule has 4 aromatic rings. The SMILES string of the molecule is CC(C)(C)OC(=O)N[C@@H](Cc1cn(CCOCCOCCOCCOc2ccc(CCO[C@@H]3O[C@H](CO)[C@@H](O)[C@H](O)[C@H]3O)cc2)nn1)C(=O)NCC(=O)Nc1ccc(-c2c3ccc(=O)cc-3oc3cc(O)ccc23)c(C(=O)O)c1. The third kappa shape index (κ3) is 17.0. The summed E-state index contributed by atoms with van der Waals surface area (Å²) in [6.07, 6.45) is -5.60. The summed E-state index contributed by atoms with van der Waals surface area (Å²) in [6.45, 7) is 6.50. The molecule has 0 radical (unpaired) electrons. The topological polar surface area (TPSA) is 351 Å². The quantitative estimate of drug-likeness (QED) is 0.0264. The number of amides is 3. The first-order chi connectivity index (χ1) is 37.8. The van der Waals surface area contributed by atoms with Crippen molar-refractivity contribution >= 4 is 40.5 Å². The van der Waals surface area contributed by atoms with Gasteiger partial charge in [-0.05, 0) is 86.8 Å². The van der Waals surface area contributed by atoms with Gasteiger partial charge in [0, 0.05) is 47.0 Å². The summed E-state index contributed by atoms with van der Waals surface area (Å²) in [5.41, 5.74) is 1.23. The van der Waals surface area contributed by atoms with Crippen molar-refractivity contribution in [3.05, 3.63) is 112 Å². The van der Waals surface area contributed by atoms with Crippen LogP contribution >= 0.6 is 0 Å². The van der Waals surface area contributed by atoms with Gasteiger partial charge in [-0.1, -0.05) is 23.4 Å². The van der Waals surface area contributed by atoms with Crippen LogP contribution in [0.3, 0.4) is 0 Å². The molecule has 424 valence electrons. The molecule has 0 bridgehead atoms. The molecule has 0 spiro atoms. The first kappa shape index (κ1) is 59.1. The van der Waals surface area contributed by atoms with Crippen molar-refractivity contribution in [1.82, 2.24) is 25.6 Å². The van der Waals surface area contributed by atoms with Gasteiger partial charge in [0.1, 0.15) is 65.5 Å². The van der Waals surface area contributed by atoms with Crippen molar-refractivity contribution in [3.8, 4) is 33.9 Å². The van der Waals surface area contributed by atoms with Crippen LogP contribution in [0.5, 0.6) is 11.5 Å². The summed E-state index contributed by atoms with van der Waals surface area (Å²) in [6, 6.07) is 18.7. The molecule has 7 rings (SSSR count). The highest BCUT2D eigenvalue weighted by atomic mass is 16.7. The van der Waals surface area contributed by atoms with Crippen molar-refractivity contribution in [2.45, 2.75) is 82.5 Å². The minimum atomic E-state index is -1.50. The predicted molar refractivity (Wildman–Crippen MR) is 280 cm³/mol. The number of aromatic carboxylic acids is 1. The molecular formula is C54H64N6O19. The summed E-state index contributed by atoms with van der Waals surface area (Å²) in [5, 5.41) is 76.1. The molecule has 3 aliphatic rings. The second-order valence-electron chi connectivity index (χ2n) is 19.2. The normalized spacial score (nSPS) is 17.8. The number of hydrogen-bond donors (Lipinski definition) is 9. The number of aliphatic hydroxyl groups excluding tert-OH is 4. The Labute approximate surface area is 452 Å². The highest BCUT2D eigenvalue weighted by Gasteiger charge is 2.44. The summed E-state index contributed by atoms with van der Waals surface area (Å²) < 4.78 is 46.2. The standard InChI is InChI=1S/C54H64N6O19/c1-54(2,3)79-53(71)57-41(50(68)55-28-45(64)56-32-6-11-37(40(24-32)51(69)70)46-38-12-7-34(62)26-42(38)77-43-27-35(63)8-13-39(43)46)25-33-29-60(59-58-33)15-17-72-18-19-73-20-21-74-22-23-75-36-9-4-31(5-10-36)14-16-76-52-49(67)48(66)47(65)44(30-61)78-52/h4-13,24,26-27,29,41,44,47-49,52,61-62,65-67H,14-23,25,28,30H2,1-3H3,(H,55,68)(H,56,64)(H,57,71)(H,69,70)/t41-,44+,47+,48-,49+,52+/m0/s1. The molecule has 25 heteroatoms. The van der Waals surface area contributed by atoms with Crippen LogP contribution in [0.15, 0.2) is 94.3 Å². The number of aromatic hydroxyl groups is 1. The fourth-order valence-electron chi connectivity index (χ4n) is 8.24. The Kier molecular flexibility index (Phi) is 20.8. The fourth-order valence-corrected chi connectivity index (χ4v) is 8.24. The molecule has 25 nitrogen and oxygen atoms in total. The lowest BCUT2D eigenvalue weighted by molar-refractivity contribution is -0.300. The van der Waals surface area contributed by atoms with Crippen LogP contribution in [0.4, 0.5) is 10.5 Å². The van der Waals surface area contributed by atoms with Crippen molar-refractivity contribution < 1.29 is 87.4 Å². The van der Waals surface area contributed by atoms with Gasteiger partial charge < -0.3 is 84.2 Å². The van der Waals surface area contributed by atoms with Gasteiger partial charge in [-0.25, -0.2) is 14.3 Å². The number of phenols is 1. The van der Waals surface area contributed by atoms with Gasteiger partial charge in [-0.3, -0.25) is 14.4 Å². The van der Waals surface area contributed by atoms with Gasteiger partial charge in [0.2, 0.25) is 11.8 Å².